The maximum atomic E-state index is 13.3. The van der Waals surface area contributed by atoms with E-state index < -0.39 is 23.7 Å². The number of amides is 3. The molecule has 172 valence electrons. The van der Waals surface area contributed by atoms with Crippen LogP contribution in [-0.2, 0) is 14.4 Å². The summed E-state index contributed by atoms with van der Waals surface area (Å²) in [5.74, 6) is -2.04. The first-order chi connectivity index (χ1) is 14.7. The molecule has 31 heavy (non-hydrogen) atoms. The van der Waals surface area contributed by atoms with Gasteiger partial charge in [-0.05, 0) is 30.7 Å². The number of hydroxylamine groups is 2. The molecular formula is C21H31FN4O5. The van der Waals surface area contributed by atoms with Crippen molar-refractivity contribution in [2.45, 2.75) is 52.5 Å². The molecule has 2 heterocycles. The number of hydrogen-bond acceptors (Lipinski definition) is 5. The number of aromatic nitrogens is 1. The van der Waals surface area contributed by atoms with E-state index in [1.165, 1.54) is 11.0 Å². The molecule has 0 bridgehead atoms. The molecule has 2 N–H and O–H groups in total. The number of hydrogen-bond donors (Lipinski definition) is 2. The number of nitrogens with zero attached hydrogens (tertiary/aromatic N) is 3. The van der Waals surface area contributed by atoms with E-state index in [1.807, 2.05) is 20.8 Å². The van der Waals surface area contributed by atoms with Crippen molar-refractivity contribution >= 4 is 24.0 Å². The van der Waals surface area contributed by atoms with E-state index in [4.69, 9.17) is 0 Å². The number of halogens is 1. The maximum Gasteiger partial charge on any atom is 0.330 e. The Balaban J connectivity index is 2.24. The molecule has 0 unspecified atom stereocenters. The Hall–Kier alpha value is -2.75. The van der Waals surface area contributed by atoms with Gasteiger partial charge in [0.25, 0.3) is 5.82 Å². The van der Waals surface area contributed by atoms with Crippen molar-refractivity contribution in [1.82, 2.24) is 9.96 Å². The van der Waals surface area contributed by atoms with E-state index in [1.54, 1.807) is 0 Å². The van der Waals surface area contributed by atoms with Gasteiger partial charge < -0.3 is 10.1 Å². The van der Waals surface area contributed by atoms with Crippen LogP contribution in [0.3, 0.4) is 0 Å². The average Bonchev–Trinajstić information content (AvgIpc) is 3.18. The lowest BCUT2D eigenvalue weighted by Gasteiger charge is -2.28. The van der Waals surface area contributed by atoms with Crippen LogP contribution in [0.15, 0.2) is 18.3 Å². The molecule has 1 aromatic heterocycles. The highest BCUT2D eigenvalue weighted by atomic mass is 19.1. The van der Waals surface area contributed by atoms with Crippen LogP contribution in [-0.4, -0.2) is 52.5 Å². The van der Waals surface area contributed by atoms with Gasteiger partial charge in [0.05, 0.1) is 12.5 Å². The lowest BCUT2D eigenvalue weighted by atomic mass is 9.93. The quantitative estimate of drug-likeness (QED) is 0.190. The average molecular weight is 439 g/mol. The van der Waals surface area contributed by atoms with Gasteiger partial charge in [0, 0.05) is 12.6 Å². The van der Waals surface area contributed by atoms with Gasteiger partial charge in [0.15, 0.2) is 5.82 Å². The van der Waals surface area contributed by atoms with E-state index >= 15 is 0 Å². The van der Waals surface area contributed by atoms with Crippen molar-refractivity contribution in [3.63, 3.8) is 0 Å². The first-order valence-corrected chi connectivity index (χ1v) is 10.6. The Bertz CT molecular complexity index is 791. The van der Waals surface area contributed by atoms with Gasteiger partial charge in [0.2, 0.25) is 12.3 Å². The number of likely N-dealkylation sites (tertiary alicyclic amines) is 1. The Kier molecular flexibility index (Phi) is 8.73. The summed E-state index contributed by atoms with van der Waals surface area (Å²) in [6.45, 7) is 6.20. The second-order valence-electron chi connectivity index (χ2n) is 8.36. The molecule has 0 spiro atoms. The number of pyridine rings is 1. The van der Waals surface area contributed by atoms with Crippen LogP contribution in [0.1, 0.15) is 46.5 Å². The molecule has 1 aromatic rings. The van der Waals surface area contributed by atoms with Crippen molar-refractivity contribution in [3.8, 4) is 0 Å². The molecule has 9 nitrogen and oxygen atoms in total. The summed E-state index contributed by atoms with van der Waals surface area (Å²) in [5.41, 5.74) is 0. The molecule has 0 aliphatic carbocycles. The van der Waals surface area contributed by atoms with Crippen LogP contribution in [0.25, 0.3) is 0 Å². The molecule has 1 fully saturated rings. The normalized spacial score (nSPS) is 19.4. The topological polar surface area (TPSA) is 117 Å². The van der Waals surface area contributed by atoms with Gasteiger partial charge in [-0.2, -0.15) is 0 Å². The molecule has 3 atom stereocenters. The number of rotatable bonds is 10. The molecule has 0 radical (unpaired) electrons. The predicted octanol–water partition coefficient (Wildman–Crippen LogP) is 1.92. The van der Waals surface area contributed by atoms with Crippen LogP contribution in [0.5, 0.6) is 0 Å². The Labute approximate surface area is 181 Å². The fraction of sp³-hybridized carbons (Fsp3) is 0.619. The van der Waals surface area contributed by atoms with Crippen LogP contribution in [0.4, 0.5) is 10.2 Å². The summed E-state index contributed by atoms with van der Waals surface area (Å²) in [6, 6.07) is 1.42. The molecule has 1 aliphatic rings. The van der Waals surface area contributed by atoms with E-state index in [9.17, 15) is 29.2 Å². The third-order valence-corrected chi connectivity index (χ3v) is 5.78. The van der Waals surface area contributed by atoms with E-state index in [0.717, 1.165) is 18.9 Å². The minimum absolute atomic E-state index is 0.0791. The lowest BCUT2D eigenvalue weighted by Crippen LogP contribution is -2.48. The largest absolute Gasteiger partial charge is 0.711 e. The van der Waals surface area contributed by atoms with Crippen molar-refractivity contribution in [2.24, 2.45) is 17.8 Å². The summed E-state index contributed by atoms with van der Waals surface area (Å²) >= 11 is 0. The van der Waals surface area contributed by atoms with Crippen LogP contribution < -0.4 is 10.0 Å². The van der Waals surface area contributed by atoms with Crippen molar-refractivity contribution in [2.75, 3.05) is 18.4 Å². The zero-order chi connectivity index (χ0) is 23.1. The van der Waals surface area contributed by atoms with E-state index in [2.05, 4.69) is 5.32 Å². The molecule has 0 aromatic carbocycles. The molecule has 0 saturated carbocycles. The van der Waals surface area contributed by atoms with Gasteiger partial charge in [-0.25, -0.2) is 24.3 Å². The third-order valence-electron chi connectivity index (χ3n) is 5.78. The zero-order valence-electron chi connectivity index (χ0n) is 18.2. The first-order valence-electron chi connectivity index (χ1n) is 10.6. The smallest absolute Gasteiger partial charge is 0.330 e. The Morgan fingerprint density at radius 2 is 2.16 bits per heavy atom. The first kappa shape index (κ1) is 24.5. The van der Waals surface area contributed by atoms with Crippen molar-refractivity contribution in [1.29, 1.82) is 0 Å². The highest BCUT2D eigenvalue weighted by molar-refractivity contribution is 5.97. The number of carbonyl (C=O) groups is 3. The second kappa shape index (κ2) is 11.0. The fourth-order valence-electron chi connectivity index (χ4n) is 3.85. The number of carbonyl (C=O) groups excluding carboxylic acids is 3. The molecule has 3 amide bonds. The molecule has 1 saturated heterocycles. The summed E-state index contributed by atoms with van der Waals surface area (Å²) in [5, 5.41) is 24.4. The summed E-state index contributed by atoms with van der Waals surface area (Å²) in [6.07, 6.45) is 3.41. The Morgan fingerprint density at radius 3 is 2.74 bits per heavy atom. The maximum absolute atomic E-state index is 13.3. The highest BCUT2D eigenvalue weighted by Crippen LogP contribution is 2.31. The van der Waals surface area contributed by atoms with Gasteiger partial charge in [-0.3, -0.25) is 14.8 Å². The van der Waals surface area contributed by atoms with Gasteiger partial charge in [-0.1, -0.05) is 33.6 Å². The van der Waals surface area contributed by atoms with Gasteiger partial charge in [-0.15, -0.1) is 0 Å². The summed E-state index contributed by atoms with van der Waals surface area (Å²) in [7, 11) is 0. The number of nitrogens with one attached hydrogen (secondary N) is 1. The Morgan fingerprint density at radius 1 is 1.45 bits per heavy atom. The molecule has 2 rings (SSSR count). The second-order valence-corrected chi connectivity index (χ2v) is 8.36. The SMILES string of the molecule is CCCC[C@H](CN(O)C=O)C(=O)N1C[C@@H](C(C)C)C[C@H]1C(=O)Nc1ccc(F)c[n+]1[O-]. The van der Waals surface area contributed by atoms with Gasteiger partial charge in [0.1, 0.15) is 12.2 Å². The lowest BCUT2D eigenvalue weighted by molar-refractivity contribution is -0.591. The molecular weight excluding hydrogens is 407 g/mol. The minimum atomic E-state index is -0.808. The number of anilines is 1. The van der Waals surface area contributed by atoms with E-state index in [0.29, 0.717) is 30.6 Å². The minimum Gasteiger partial charge on any atom is -0.711 e. The summed E-state index contributed by atoms with van der Waals surface area (Å²) < 4.78 is 13.4. The van der Waals surface area contributed by atoms with Crippen molar-refractivity contribution < 1.29 is 28.7 Å². The molecule has 10 heteroatoms. The summed E-state index contributed by atoms with van der Waals surface area (Å²) in [4.78, 5) is 38.7. The standard InChI is InChI=1S/C21H31FN4O5/c1-4-5-6-15(10-24(30)13-27)21(29)25-11-16(14(2)3)9-18(25)20(28)23-19-8-7-17(22)12-26(19)31/h7-8,12-16,18,30H,4-6,9-11H2,1-3H3,(H,23,28)/t15-,16+,18+/m1/s1. The predicted molar refractivity (Wildman–Crippen MR) is 110 cm³/mol. The highest BCUT2D eigenvalue weighted by Gasteiger charge is 2.44. The van der Waals surface area contributed by atoms with Crippen molar-refractivity contribution in [3.05, 3.63) is 29.4 Å². The monoisotopic (exact) mass is 438 g/mol. The van der Waals surface area contributed by atoms with Crippen LogP contribution >= 0.6 is 0 Å². The van der Waals surface area contributed by atoms with Crippen LogP contribution in [0.2, 0.25) is 0 Å². The third kappa shape index (κ3) is 6.36. The van der Waals surface area contributed by atoms with Gasteiger partial charge >= 0.3 is 5.91 Å². The molecule has 1 aliphatic heterocycles. The van der Waals surface area contributed by atoms with Crippen LogP contribution in [0, 0.1) is 28.8 Å². The number of unbranched alkanes of at least 4 members (excludes halogenated alkanes) is 1. The zero-order valence-corrected chi connectivity index (χ0v) is 18.2. The van der Waals surface area contributed by atoms with E-state index in [-0.39, 0.29) is 41.2 Å². The fourth-order valence-corrected chi connectivity index (χ4v) is 3.85.